The van der Waals surface area contributed by atoms with Gasteiger partial charge in [-0.1, -0.05) is 74.5 Å². The summed E-state index contributed by atoms with van der Waals surface area (Å²) in [5.74, 6) is -0.982. The van der Waals surface area contributed by atoms with Gasteiger partial charge in [-0.15, -0.1) is 0 Å². The molecule has 2 N–H and O–H groups in total. The first kappa shape index (κ1) is 21.8. The third-order valence-electron chi connectivity index (χ3n) is 5.76. The molecule has 5 heteroatoms. The molecule has 0 heterocycles. The van der Waals surface area contributed by atoms with Gasteiger partial charge in [0, 0.05) is 12.0 Å². The van der Waals surface area contributed by atoms with Crippen molar-refractivity contribution in [2.24, 2.45) is 5.92 Å². The molecule has 5 nitrogen and oxygen atoms in total. The first-order chi connectivity index (χ1) is 14.4. The third-order valence-corrected chi connectivity index (χ3v) is 5.76. The predicted octanol–water partition coefficient (Wildman–Crippen LogP) is 4.20. The minimum atomic E-state index is -1.53. The number of benzene rings is 2. The van der Waals surface area contributed by atoms with Gasteiger partial charge in [-0.3, -0.25) is 4.79 Å². The molecule has 0 aliphatic heterocycles. The van der Waals surface area contributed by atoms with E-state index in [4.69, 9.17) is 4.74 Å². The number of aliphatic hydroxyl groups is 1. The van der Waals surface area contributed by atoms with Gasteiger partial charge in [-0.2, -0.15) is 0 Å². The summed E-state index contributed by atoms with van der Waals surface area (Å²) in [4.78, 5) is 25.7. The molecule has 1 aliphatic rings. The molecule has 2 aromatic rings. The van der Waals surface area contributed by atoms with Crippen molar-refractivity contribution < 1.29 is 19.4 Å². The molecule has 0 bridgehead atoms. The van der Waals surface area contributed by atoms with Crippen LogP contribution in [0.5, 0.6) is 0 Å². The highest BCUT2D eigenvalue weighted by molar-refractivity contribution is 5.94. The highest BCUT2D eigenvalue weighted by atomic mass is 16.6. The van der Waals surface area contributed by atoms with Gasteiger partial charge < -0.3 is 15.2 Å². The van der Waals surface area contributed by atoms with Crippen LogP contribution in [0.1, 0.15) is 55.1 Å². The largest absolute Gasteiger partial charge is 0.456 e. The molecule has 0 radical (unpaired) electrons. The van der Waals surface area contributed by atoms with Crippen molar-refractivity contribution in [1.82, 2.24) is 5.32 Å². The maximum Gasteiger partial charge on any atom is 0.338 e. The maximum absolute atomic E-state index is 13.0. The van der Waals surface area contributed by atoms with E-state index in [0.29, 0.717) is 24.0 Å². The summed E-state index contributed by atoms with van der Waals surface area (Å²) in [7, 11) is 0. The topological polar surface area (TPSA) is 75.6 Å². The number of hydrogen-bond donors (Lipinski definition) is 2. The summed E-state index contributed by atoms with van der Waals surface area (Å²) in [6.07, 6.45) is 4.74. The zero-order valence-corrected chi connectivity index (χ0v) is 17.5. The first-order valence-electron chi connectivity index (χ1n) is 10.4. The van der Waals surface area contributed by atoms with Crippen molar-refractivity contribution in [3.05, 3.63) is 83.9 Å². The van der Waals surface area contributed by atoms with Crippen LogP contribution in [-0.2, 0) is 9.53 Å². The third kappa shape index (κ3) is 4.97. The number of aliphatic hydroxyl groups excluding tert-OH is 1. The highest BCUT2D eigenvalue weighted by Crippen LogP contribution is 2.35. The van der Waals surface area contributed by atoms with E-state index in [0.717, 1.165) is 6.42 Å². The lowest BCUT2D eigenvalue weighted by Gasteiger charge is -2.39. The SMILES string of the molecule is CC(C)C1(OC(=O)C(O)C(NC(=O)c2ccccc2)c2ccccc2)CC=CCC1. The first-order valence-corrected chi connectivity index (χ1v) is 10.4. The van der Waals surface area contributed by atoms with E-state index in [1.807, 2.05) is 32.1 Å². The van der Waals surface area contributed by atoms with E-state index in [1.54, 1.807) is 48.5 Å². The van der Waals surface area contributed by atoms with Crippen molar-refractivity contribution in [3.8, 4) is 0 Å². The normalized spacial score (nSPS) is 20.4. The van der Waals surface area contributed by atoms with Crippen LogP contribution in [0.3, 0.4) is 0 Å². The number of esters is 1. The Kier molecular flexibility index (Phi) is 7.06. The summed E-state index contributed by atoms with van der Waals surface area (Å²) in [5, 5.41) is 13.8. The Morgan fingerprint density at radius 2 is 1.63 bits per heavy atom. The minimum Gasteiger partial charge on any atom is -0.456 e. The molecule has 3 unspecified atom stereocenters. The number of hydrogen-bond acceptors (Lipinski definition) is 4. The quantitative estimate of drug-likeness (QED) is 0.533. The molecule has 1 aliphatic carbocycles. The summed E-state index contributed by atoms with van der Waals surface area (Å²) < 4.78 is 5.90. The lowest BCUT2D eigenvalue weighted by atomic mass is 9.80. The minimum absolute atomic E-state index is 0.104. The number of amides is 1. The van der Waals surface area contributed by atoms with Gasteiger partial charge in [0.15, 0.2) is 6.10 Å². The van der Waals surface area contributed by atoms with Gasteiger partial charge in [0.05, 0.1) is 6.04 Å². The van der Waals surface area contributed by atoms with E-state index in [2.05, 4.69) is 11.4 Å². The van der Waals surface area contributed by atoms with Gasteiger partial charge in [0.2, 0.25) is 0 Å². The summed E-state index contributed by atoms with van der Waals surface area (Å²) in [6, 6.07) is 16.8. The van der Waals surface area contributed by atoms with Crippen LogP contribution in [0.4, 0.5) is 0 Å². The van der Waals surface area contributed by atoms with Crippen molar-refractivity contribution >= 4 is 11.9 Å². The van der Waals surface area contributed by atoms with Gasteiger partial charge in [-0.25, -0.2) is 4.79 Å². The van der Waals surface area contributed by atoms with Crippen LogP contribution in [0, 0.1) is 5.92 Å². The fourth-order valence-electron chi connectivity index (χ4n) is 3.78. The fourth-order valence-corrected chi connectivity index (χ4v) is 3.78. The molecule has 3 atom stereocenters. The summed E-state index contributed by atoms with van der Waals surface area (Å²) in [6.45, 7) is 4.04. The molecule has 0 saturated heterocycles. The number of carbonyl (C=O) groups is 2. The molecule has 30 heavy (non-hydrogen) atoms. The molecule has 0 fully saturated rings. The number of ether oxygens (including phenoxy) is 1. The molecule has 3 rings (SSSR count). The molecule has 0 aromatic heterocycles. The highest BCUT2D eigenvalue weighted by Gasteiger charge is 2.41. The Balaban J connectivity index is 1.82. The van der Waals surface area contributed by atoms with Crippen LogP contribution in [0.2, 0.25) is 0 Å². The van der Waals surface area contributed by atoms with Crippen LogP contribution in [0.25, 0.3) is 0 Å². The van der Waals surface area contributed by atoms with E-state index >= 15 is 0 Å². The van der Waals surface area contributed by atoms with Crippen LogP contribution in [-0.4, -0.2) is 28.7 Å². The van der Waals surface area contributed by atoms with E-state index in [1.165, 1.54) is 0 Å². The molecular weight excluding hydrogens is 378 g/mol. The summed E-state index contributed by atoms with van der Waals surface area (Å²) in [5.41, 5.74) is 0.445. The maximum atomic E-state index is 13.0. The molecule has 158 valence electrons. The molecule has 1 amide bonds. The second-order valence-corrected chi connectivity index (χ2v) is 8.03. The van der Waals surface area contributed by atoms with Crippen molar-refractivity contribution in [2.45, 2.75) is 50.9 Å². The van der Waals surface area contributed by atoms with Crippen molar-refractivity contribution in [3.63, 3.8) is 0 Å². The second kappa shape index (κ2) is 9.72. The number of nitrogens with one attached hydrogen (secondary N) is 1. The Bertz CT molecular complexity index is 879. The van der Waals surface area contributed by atoms with Gasteiger partial charge in [0.25, 0.3) is 5.91 Å². The lowest BCUT2D eigenvalue weighted by Crippen LogP contribution is -2.47. The molecule has 0 saturated carbocycles. The number of carbonyl (C=O) groups excluding carboxylic acids is 2. The molecule has 0 spiro atoms. The zero-order chi connectivity index (χ0) is 21.6. The summed E-state index contributed by atoms with van der Waals surface area (Å²) >= 11 is 0. The Morgan fingerprint density at radius 1 is 1.00 bits per heavy atom. The van der Waals surface area contributed by atoms with Crippen LogP contribution >= 0.6 is 0 Å². The molecule has 2 aromatic carbocycles. The Labute approximate surface area is 177 Å². The lowest BCUT2D eigenvalue weighted by molar-refractivity contribution is -0.177. The monoisotopic (exact) mass is 407 g/mol. The Hall–Kier alpha value is -2.92. The Morgan fingerprint density at radius 3 is 2.20 bits per heavy atom. The van der Waals surface area contributed by atoms with E-state index in [-0.39, 0.29) is 11.8 Å². The number of allylic oxidation sites excluding steroid dienone is 1. The van der Waals surface area contributed by atoms with Crippen LogP contribution in [0.15, 0.2) is 72.8 Å². The van der Waals surface area contributed by atoms with Crippen molar-refractivity contribution in [1.29, 1.82) is 0 Å². The molecular formula is C25H29NO4. The van der Waals surface area contributed by atoms with Gasteiger partial charge in [0.1, 0.15) is 5.60 Å². The van der Waals surface area contributed by atoms with Gasteiger partial charge >= 0.3 is 5.97 Å². The van der Waals surface area contributed by atoms with Crippen molar-refractivity contribution in [2.75, 3.05) is 0 Å². The fraction of sp³-hybridized carbons (Fsp3) is 0.360. The average Bonchev–Trinajstić information content (AvgIpc) is 2.78. The standard InChI is InChI=1S/C25H29NO4/c1-18(2)25(16-10-5-11-17-25)30-24(29)22(27)21(19-12-6-3-7-13-19)26-23(28)20-14-8-4-9-15-20/h3-10,12-15,18,21-22,27H,11,16-17H2,1-2H3,(H,26,28). The van der Waals surface area contributed by atoms with Crippen LogP contribution < -0.4 is 5.32 Å². The number of rotatable bonds is 7. The van der Waals surface area contributed by atoms with Gasteiger partial charge in [-0.05, 0) is 36.5 Å². The predicted molar refractivity (Wildman–Crippen MR) is 116 cm³/mol. The van der Waals surface area contributed by atoms with E-state index < -0.39 is 23.7 Å². The second-order valence-electron chi connectivity index (χ2n) is 8.03. The smallest absolute Gasteiger partial charge is 0.338 e. The average molecular weight is 408 g/mol. The van der Waals surface area contributed by atoms with E-state index in [9.17, 15) is 14.7 Å². The zero-order valence-electron chi connectivity index (χ0n) is 17.5.